The van der Waals surface area contributed by atoms with Crippen LogP contribution in [-0.4, -0.2) is 35.1 Å². The molecule has 0 N–H and O–H groups in total. The molecule has 0 bridgehead atoms. The Bertz CT molecular complexity index is 679. The van der Waals surface area contributed by atoms with E-state index in [4.69, 9.17) is 16.3 Å². The van der Waals surface area contributed by atoms with Gasteiger partial charge in [-0.3, -0.25) is 0 Å². The Labute approximate surface area is 149 Å². The summed E-state index contributed by atoms with van der Waals surface area (Å²) in [6.45, 7) is 7.26. The summed E-state index contributed by atoms with van der Waals surface area (Å²) in [6, 6.07) is 4.05. The third-order valence-corrected chi connectivity index (χ3v) is 4.66. The molecule has 0 saturated carbocycles. The largest absolute Gasteiger partial charge is 0.444 e. The summed E-state index contributed by atoms with van der Waals surface area (Å²) in [4.78, 5) is 16.6. The van der Waals surface area contributed by atoms with E-state index in [0.29, 0.717) is 5.02 Å². The molecule has 0 aliphatic carbocycles. The molecule has 2 aliphatic rings. The van der Waals surface area contributed by atoms with Crippen molar-refractivity contribution in [2.45, 2.75) is 51.8 Å². The van der Waals surface area contributed by atoms with Gasteiger partial charge in [0.1, 0.15) is 5.60 Å². The third-order valence-electron chi connectivity index (χ3n) is 4.44. The number of ether oxygens (including phenoxy) is 1. The van der Waals surface area contributed by atoms with E-state index in [1.807, 2.05) is 37.8 Å². The molecule has 1 saturated heterocycles. The second-order valence-electron chi connectivity index (χ2n) is 7.63. The van der Waals surface area contributed by atoms with Crippen molar-refractivity contribution in [1.29, 1.82) is 0 Å². The van der Waals surface area contributed by atoms with Gasteiger partial charge in [0.25, 0.3) is 0 Å². The molecule has 24 heavy (non-hydrogen) atoms. The van der Waals surface area contributed by atoms with Crippen LogP contribution >= 0.6 is 11.6 Å². The third kappa shape index (κ3) is 3.54. The summed E-state index contributed by atoms with van der Waals surface area (Å²) in [5, 5.41) is 0.717. The van der Waals surface area contributed by atoms with E-state index in [-0.39, 0.29) is 12.1 Å². The van der Waals surface area contributed by atoms with Crippen LogP contribution in [0, 0.1) is 0 Å². The first kappa shape index (κ1) is 17.2. The quantitative estimate of drug-likeness (QED) is 0.728. The minimum absolute atomic E-state index is 0.0344. The number of amides is 1. The average Bonchev–Trinajstić information content (AvgIpc) is 2.94. The van der Waals surface area contributed by atoms with Crippen molar-refractivity contribution < 1.29 is 9.53 Å². The number of fused-ring (bicyclic) bond motifs is 1. The number of rotatable bonds is 1. The van der Waals surface area contributed by atoms with Crippen LogP contribution in [0.3, 0.4) is 0 Å². The fourth-order valence-corrected chi connectivity index (χ4v) is 3.68. The van der Waals surface area contributed by atoms with Crippen LogP contribution in [-0.2, 0) is 11.3 Å². The maximum absolute atomic E-state index is 12.6. The minimum Gasteiger partial charge on any atom is -0.444 e. The monoisotopic (exact) mass is 348 g/mol. The summed E-state index contributed by atoms with van der Waals surface area (Å²) in [6.07, 6.45) is 5.83. The van der Waals surface area contributed by atoms with Gasteiger partial charge in [0, 0.05) is 25.2 Å². The van der Waals surface area contributed by atoms with Gasteiger partial charge < -0.3 is 14.5 Å². The molecule has 130 valence electrons. The molecule has 4 nitrogen and oxygen atoms in total. The van der Waals surface area contributed by atoms with Crippen LogP contribution in [0.2, 0.25) is 5.02 Å². The van der Waals surface area contributed by atoms with E-state index >= 15 is 0 Å². The second kappa shape index (κ2) is 6.32. The highest BCUT2D eigenvalue weighted by Crippen LogP contribution is 2.39. The Balaban J connectivity index is 1.95. The molecule has 1 aromatic carbocycles. The second-order valence-corrected chi connectivity index (χ2v) is 8.06. The highest BCUT2D eigenvalue weighted by Gasteiger charge is 2.35. The molecular weight excluding hydrogens is 324 g/mol. The van der Waals surface area contributed by atoms with Crippen molar-refractivity contribution in [1.82, 2.24) is 9.80 Å². The molecule has 0 spiro atoms. The molecular formula is C19H25ClN2O2. The van der Waals surface area contributed by atoms with E-state index in [0.717, 1.165) is 37.1 Å². The van der Waals surface area contributed by atoms with E-state index in [2.05, 4.69) is 24.2 Å². The number of carbonyl (C=O) groups excluding carboxylic acids is 1. The number of benzene rings is 1. The summed E-state index contributed by atoms with van der Waals surface area (Å²) < 4.78 is 5.60. The van der Waals surface area contributed by atoms with Crippen LogP contribution in [0.15, 0.2) is 18.3 Å². The normalized spacial score (nSPS) is 20.3. The molecule has 0 aromatic heterocycles. The Hall–Kier alpha value is -1.68. The number of likely N-dealkylation sites (tertiary alicyclic amines) is 1. The lowest BCUT2D eigenvalue weighted by molar-refractivity contribution is 0.0223. The lowest BCUT2D eigenvalue weighted by Crippen LogP contribution is -2.37. The molecule has 1 atom stereocenters. The van der Waals surface area contributed by atoms with Gasteiger partial charge in [-0.1, -0.05) is 11.6 Å². The molecule has 2 aliphatic heterocycles. The Morgan fingerprint density at radius 1 is 1.33 bits per heavy atom. The zero-order chi connectivity index (χ0) is 17.5. The zero-order valence-corrected chi connectivity index (χ0v) is 15.6. The molecule has 1 unspecified atom stereocenters. The van der Waals surface area contributed by atoms with Crippen molar-refractivity contribution >= 4 is 23.8 Å². The van der Waals surface area contributed by atoms with Crippen molar-refractivity contribution in [2.24, 2.45) is 0 Å². The maximum atomic E-state index is 12.6. The van der Waals surface area contributed by atoms with E-state index in [1.165, 1.54) is 5.56 Å². The van der Waals surface area contributed by atoms with Gasteiger partial charge in [0.05, 0.1) is 6.04 Å². The minimum atomic E-state index is -0.485. The Kier molecular flexibility index (Phi) is 4.52. The topological polar surface area (TPSA) is 32.8 Å². The predicted octanol–water partition coefficient (Wildman–Crippen LogP) is 4.83. The SMILES string of the molecule is CN1C=Cc2cc(Cl)cc(C3CCCN3C(=O)OC(C)(C)C)c2C1. The van der Waals surface area contributed by atoms with Gasteiger partial charge >= 0.3 is 6.09 Å². The first-order chi connectivity index (χ1) is 11.2. The molecule has 0 radical (unpaired) electrons. The van der Waals surface area contributed by atoms with Crippen molar-refractivity contribution in [3.8, 4) is 0 Å². The molecule has 1 amide bonds. The lowest BCUT2D eigenvalue weighted by Gasteiger charge is -2.32. The van der Waals surface area contributed by atoms with Crippen LogP contribution in [0.25, 0.3) is 6.08 Å². The fraction of sp³-hybridized carbons (Fsp3) is 0.526. The molecule has 3 rings (SSSR count). The van der Waals surface area contributed by atoms with Crippen LogP contribution in [0.4, 0.5) is 4.79 Å². The summed E-state index contributed by atoms with van der Waals surface area (Å²) in [5.74, 6) is 0. The van der Waals surface area contributed by atoms with Crippen LogP contribution in [0.1, 0.15) is 56.3 Å². The van der Waals surface area contributed by atoms with Gasteiger partial charge in [0.2, 0.25) is 0 Å². The van der Waals surface area contributed by atoms with Crippen molar-refractivity contribution in [3.63, 3.8) is 0 Å². The van der Waals surface area contributed by atoms with Crippen LogP contribution in [0.5, 0.6) is 0 Å². The summed E-state index contributed by atoms with van der Waals surface area (Å²) >= 11 is 6.35. The number of halogens is 1. The first-order valence-corrected chi connectivity index (χ1v) is 8.83. The number of nitrogens with zero attached hydrogens (tertiary/aromatic N) is 2. The van der Waals surface area contributed by atoms with Gasteiger partial charge in [-0.25, -0.2) is 4.79 Å². The number of carbonyl (C=O) groups is 1. The van der Waals surface area contributed by atoms with Gasteiger partial charge in [-0.15, -0.1) is 0 Å². The standard InChI is InChI=1S/C19H25ClN2O2/c1-19(2,3)24-18(23)22-8-5-6-17(22)15-11-14(20)10-13-7-9-21(4)12-16(13)15/h7,9-11,17H,5-6,8,12H2,1-4H3. The predicted molar refractivity (Wildman–Crippen MR) is 96.9 cm³/mol. The fourth-order valence-electron chi connectivity index (χ4n) is 3.45. The smallest absolute Gasteiger partial charge is 0.410 e. The molecule has 2 heterocycles. The Morgan fingerprint density at radius 2 is 2.08 bits per heavy atom. The van der Waals surface area contributed by atoms with Crippen molar-refractivity contribution in [3.05, 3.63) is 40.0 Å². The van der Waals surface area contributed by atoms with Gasteiger partial charge in [0.15, 0.2) is 0 Å². The highest BCUT2D eigenvalue weighted by atomic mass is 35.5. The maximum Gasteiger partial charge on any atom is 0.410 e. The molecule has 5 heteroatoms. The van der Waals surface area contributed by atoms with Gasteiger partial charge in [-0.2, -0.15) is 0 Å². The molecule has 1 aromatic rings. The Morgan fingerprint density at radius 3 is 2.79 bits per heavy atom. The van der Waals surface area contributed by atoms with E-state index in [1.54, 1.807) is 0 Å². The summed E-state index contributed by atoms with van der Waals surface area (Å²) in [5.41, 5.74) is 3.06. The van der Waals surface area contributed by atoms with Crippen molar-refractivity contribution in [2.75, 3.05) is 13.6 Å². The first-order valence-electron chi connectivity index (χ1n) is 8.45. The number of hydrogen-bond donors (Lipinski definition) is 0. The zero-order valence-electron chi connectivity index (χ0n) is 14.8. The summed E-state index contributed by atoms with van der Waals surface area (Å²) in [7, 11) is 2.05. The highest BCUT2D eigenvalue weighted by molar-refractivity contribution is 6.30. The molecule has 1 fully saturated rings. The average molecular weight is 349 g/mol. The van der Waals surface area contributed by atoms with E-state index < -0.39 is 5.60 Å². The van der Waals surface area contributed by atoms with Gasteiger partial charge in [-0.05, 0) is 74.7 Å². The number of hydrogen-bond acceptors (Lipinski definition) is 3. The van der Waals surface area contributed by atoms with E-state index in [9.17, 15) is 4.79 Å². The van der Waals surface area contributed by atoms with Crippen LogP contribution < -0.4 is 0 Å². The lowest BCUT2D eigenvalue weighted by atomic mass is 9.92.